The number of likely N-dealkylation sites (tertiary alicyclic amines) is 1. The fraction of sp³-hybridized carbons (Fsp3) is 0.417. The van der Waals surface area contributed by atoms with E-state index in [-0.39, 0.29) is 29.7 Å². The highest BCUT2D eigenvalue weighted by molar-refractivity contribution is 9.10. The molecular formula is C24H26BrFN2O4. The van der Waals surface area contributed by atoms with E-state index in [1.165, 1.54) is 30.0 Å². The highest BCUT2D eigenvalue weighted by Gasteiger charge is 2.33. The molecule has 1 fully saturated rings. The van der Waals surface area contributed by atoms with Crippen molar-refractivity contribution in [2.75, 3.05) is 38.7 Å². The van der Waals surface area contributed by atoms with E-state index in [0.29, 0.717) is 31.7 Å². The summed E-state index contributed by atoms with van der Waals surface area (Å²) < 4.78 is 26.8. The van der Waals surface area contributed by atoms with Gasteiger partial charge in [-0.25, -0.2) is 4.39 Å². The number of ether oxygens (including phenoxy) is 2. The first-order valence-corrected chi connectivity index (χ1v) is 11.6. The average molecular weight is 505 g/mol. The second-order valence-electron chi connectivity index (χ2n) is 8.17. The number of aryl methyl sites for hydroxylation is 1. The van der Waals surface area contributed by atoms with Crippen molar-refractivity contribution in [1.29, 1.82) is 0 Å². The predicted octanol–water partition coefficient (Wildman–Crippen LogP) is 4.24. The summed E-state index contributed by atoms with van der Waals surface area (Å²) in [4.78, 5) is 24.9. The second-order valence-corrected chi connectivity index (χ2v) is 8.96. The molecule has 1 heterocycles. The van der Waals surface area contributed by atoms with Gasteiger partial charge in [0.15, 0.2) is 6.29 Å². The van der Waals surface area contributed by atoms with Crippen LogP contribution in [-0.2, 0) is 17.6 Å². The molecule has 0 atom stereocenters. The van der Waals surface area contributed by atoms with Crippen LogP contribution in [0.25, 0.3) is 0 Å². The predicted molar refractivity (Wildman–Crippen MR) is 123 cm³/mol. The SMILES string of the molecule is CNc1cc(C(=O)N2CC(COc3ccc4c(c3Br)CCCC4)C2)c(F)cc1OCC=O. The smallest absolute Gasteiger partial charge is 0.256 e. The Balaban J connectivity index is 1.35. The summed E-state index contributed by atoms with van der Waals surface area (Å²) in [7, 11) is 1.64. The molecule has 0 bridgehead atoms. The number of aldehydes is 1. The summed E-state index contributed by atoms with van der Waals surface area (Å²) in [6, 6.07) is 6.72. The largest absolute Gasteiger partial charge is 0.492 e. The Morgan fingerprint density at radius 2 is 2.00 bits per heavy atom. The molecule has 2 aromatic rings. The van der Waals surface area contributed by atoms with Crippen molar-refractivity contribution in [3.05, 3.63) is 51.2 Å². The number of hydrogen-bond acceptors (Lipinski definition) is 5. The van der Waals surface area contributed by atoms with Crippen LogP contribution in [-0.4, -0.2) is 50.4 Å². The maximum absolute atomic E-state index is 14.5. The number of halogens is 2. The fourth-order valence-electron chi connectivity index (χ4n) is 4.25. The minimum Gasteiger partial charge on any atom is -0.492 e. The monoisotopic (exact) mass is 504 g/mol. The van der Waals surface area contributed by atoms with Crippen LogP contribution in [0.2, 0.25) is 0 Å². The first-order chi connectivity index (χ1) is 15.5. The lowest BCUT2D eigenvalue weighted by molar-refractivity contribution is -0.109. The standard InChI is InChI=1S/C24H26BrFN2O4/c1-27-20-10-18(19(26)11-22(20)31-9-8-29)24(30)28-12-15(13-28)14-32-21-7-6-16-4-2-3-5-17(16)23(21)25/h6-8,10-11,15,27H,2-5,9,12-14H2,1H3. The minimum atomic E-state index is -0.674. The van der Waals surface area contributed by atoms with E-state index in [2.05, 4.69) is 27.3 Å². The van der Waals surface area contributed by atoms with Gasteiger partial charge in [-0.05, 0) is 64.9 Å². The number of carbonyl (C=O) groups is 2. The number of carbonyl (C=O) groups excluding carboxylic acids is 2. The van der Waals surface area contributed by atoms with Crippen LogP contribution in [0.4, 0.5) is 10.1 Å². The summed E-state index contributed by atoms with van der Waals surface area (Å²) in [5.74, 6) is 0.189. The van der Waals surface area contributed by atoms with E-state index < -0.39 is 5.82 Å². The Morgan fingerprint density at radius 3 is 2.75 bits per heavy atom. The number of nitrogens with one attached hydrogen (secondary N) is 1. The molecule has 0 saturated carbocycles. The highest BCUT2D eigenvalue weighted by atomic mass is 79.9. The Labute approximate surface area is 195 Å². The van der Waals surface area contributed by atoms with Crippen LogP contribution in [0.15, 0.2) is 28.7 Å². The van der Waals surface area contributed by atoms with Crippen molar-refractivity contribution in [3.63, 3.8) is 0 Å². The van der Waals surface area contributed by atoms with E-state index >= 15 is 0 Å². The Kier molecular flexibility index (Phi) is 6.98. The van der Waals surface area contributed by atoms with Gasteiger partial charge in [-0.1, -0.05) is 6.07 Å². The molecule has 0 spiro atoms. The molecule has 1 aliphatic carbocycles. The number of amides is 1. The maximum Gasteiger partial charge on any atom is 0.256 e. The van der Waals surface area contributed by atoms with E-state index in [0.717, 1.165) is 29.1 Å². The van der Waals surface area contributed by atoms with Gasteiger partial charge in [0.1, 0.15) is 23.9 Å². The van der Waals surface area contributed by atoms with E-state index in [9.17, 15) is 14.0 Å². The molecule has 2 aliphatic rings. The number of fused-ring (bicyclic) bond motifs is 1. The van der Waals surface area contributed by atoms with Crippen LogP contribution in [0.5, 0.6) is 11.5 Å². The van der Waals surface area contributed by atoms with Gasteiger partial charge < -0.3 is 19.7 Å². The third-order valence-corrected chi connectivity index (χ3v) is 6.89. The molecule has 6 nitrogen and oxygen atoms in total. The first-order valence-electron chi connectivity index (χ1n) is 10.8. The molecule has 170 valence electrons. The molecule has 0 unspecified atom stereocenters. The van der Waals surface area contributed by atoms with Crippen LogP contribution >= 0.6 is 15.9 Å². The van der Waals surface area contributed by atoms with Gasteiger partial charge >= 0.3 is 0 Å². The van der Waals surface area contributed by atoms with E-state index in [4.69, 9.17) is 9.47 Å². The minimum absolute atomic E-state index is 0.0235. The summed E-state index contributed by atoms with van der Waals surface area (Å²) in [6.45, 7) is 1.34. The number of rotatable bonds is 8. The zero-order valence-electron chi connectivity index (χ0n) is 18.0. The molecule has 1 amide bonds. The fourth-order valence-corrected chi connectivity index (χ4v) is 4.95. The molecule has 8 heteroatoms. The van der Waals surface area contributed by atoms with Crippen molar-refractivity contribution in [3.8, 4) is 11.5 Å². The topological polar surface area (TPSA) is 67.9 Å². The molecule has 1 aliphatic heterocycles. The lowest BCUT2D eigenvalue weighted by Gasteiger charge is -2.39. The van der Waals surface area contributed by atoms with Gasteiger partial charge in [0, 0.05) is 32.1 Å². The zero-order valence-corrected chi connectivity index (χ0v) is 19.5. The molecule has 32 heavy (non-hydrogen) atoms. The summed E-state index contributed by atoms with van der Waals surface area (Å²) >= 11 is 3.70. The lowest BCUT2D eigenvalue weighted by atomic mass is 9.91. The third kappa shape index (κ3) is 4.60. The molecule has 0 aromatic heterocycles. The number of nitrogens with zero attached hydrogens (tertiary/aromatic N) is 1. The van der Waals surface area contributed by atoms with Crippen LogP contribution < -0.4 is 14.8 Å². The molecule has 4 rings (SSSR count). The van der Waals surface area contributed by atoms with Gasteiger partial charge in [0.25, 0.3) is 5.91 Å². The second kappa shape index (κ2) is 9.90. The van der Waals surface area contributed by atoms with Crippen molar-refractivity contribution in [2.45, 2.75) is 25.7 Å². The normalized spacial score (nSPS) is 15.5. The summed E-state index contributed by atoms with van der Waals surface area (Å²) in [5, 5.41) is 2.87. The first kappa shape index (κ1) is 22.6. The number of anilines is 1. The lowest BCUT2D eigenvalue weighted by Crippen LogP contribution is -2.52. The Hall–Kier alpha value is -2.61. The molecule has 0 radical (unpaired) electrons. The summed E-state index contributed by atoms with van der Waals surface area (Å²) in [5.41, 5.74) is 3.16. The molecular weight excluding hydrogens is 479 g/mol. The van der Waals surface area contributed by atoms with Gasteiger partial charge in [-0.2, -0.15) is 0 Å². The van der Waals surface area contributed by atoms with Crippen molar-refractivity contribution in [2.24, 2.45) is 5.92 Å². The zero-order chi connectivity index (χ0) is 22.7. The quantitative estimate of drug-likeness (QED) is 0.544. The van der Waals surface area contributed by atoms with Crippen molar-refractivity contribution < 1.29 is 23.5 Å². The molecule has 1 N–H and O–H groups in total. The summed E-state index contributed by atoms with van der Waals surface area (Å²) in [6.07, 6.45) is 5.20. The van der Waals surface area contributed by atoms with Gasteiger partial charge in [0.2, 0.25) is 0 Å². The van der Waals surface area contributed by atoms with Crippen LogP contribution in [0.1, 0.15) is 34.3 Å². The van der Waals surface area contributed by atoms with Gasteiger partial charge in [-0.3, -0.25) is 9.59 Å². The van der Waals surface area contributed by atoms with E-state index in [1.54, 1.807) is 11.9 Å². The van der Waals surface area contributed by atoms with Gasteiger partial charge in [0.05, 0.1) is 22.3 Å². The average Bonchev–Trinajstić information content (AvgIpc) is 2.78. The maximum atomic E-state index is 14.5. The van der Waals surface area contributed by atoms with Crippen LogP contribution in [0, 0.1) is 11.7 Å². The Bertz CT molecular complexity index is 1020. The van der Waals surface area contributed by atoms with E-state index in [1.807, 2.05) is 6.07 Å². The van der Waals surface area contributed by atoms with Crippen molar-refractivity contribution >= 4 is 33.8 Å². The van der Waals surface area contributed by atoms with Gasteiger partial charge in [-0.15, -0.1) is 0 Å². The number of benzene rings is 2. The molecule has 2 aromatic carbocycles. The third-order valence-electron chi connectivity index (χ3n) is 6.02. The number of hydrogen-bond donors (Lipinski definition) is 1. The van der Waals surface area contributed by atoms with Crippen LogP contribution in [0.3, 0.4) is 0 Å². The Morgan fingerprint density at radius 1 is 1.22 bits per heavy atom. The van der Waals surface area contributed by atoms with Crippen molar-refractivity contribution in [1.82, 2.24) is 4.90 Å². The highest BCUT2D eigenvalue weighted by Crippen LogP contribution is 2.36. The molecule has 1 saturated heterocycles.